The normalized spacial score (nSPS) is 11.4. The minimum atomic E-state index is 0.998. The second kappa shape index (κ2) is 10.9. The summed E-state index contributed by atoms with van der Waals surface area (Å²) in [5.41, 5.74) is 13.6. The van der Waals surface area contributed by atoms with E-state index in [0.29, 0.717) is 0 Å². The molecule has 1 heterocycles. The maximum Gasteiger partial charge on any atom is 0.0704 e. The summed E-state index contributed by atoms with van der Waals surface area (Å²) in [4.78, 5) is 4.69. The molecule has 1 heteroatoms. The molecule has 0 saturated heterocycles. The first-order valence-corrected chi connectivity index (χ1v) is 15.6. The van der Waals surface area contributed by atoms with Crippen molar-refractivity contribution in [2.24, 2.45) is 0 Å². The number of benzene rings is 7. The van der Waals surface area contributed by atoms with Gasteiger partial charge >= 0.3 is 0 Å². The van der Waals surface area contributed by atoms with Crippen molar-refractivity contribution in [2.45, 2.75) is 20.8 Å². The van der Waals surface area contributed by atoms with Gasteiger partial charge in [0.25, 0.3) is 0 Å². The molecule has 0 bridgehead atoms. The van der Waals surface area contributed by atoms with Crippen LogP contribution < -0.4 is 0 Å². The summed E-state index contributed by atoms with van der Waals surface area (Å²) >= 11 is 0. The molecule has 0 aliphatic heterocycles. The van der Waals surface area contributed by atoms with Gasteiger partial charge in [-0.3, -0.25) is 4.98 Å². The van der Waals surface area contributed by atoms with Crippen molar-refractivity contribution in [3.05, 3.63) is 162 Å². The Morgan fingerprint density at radius 3 is 1.44 bits per heavy atom. The average molecular weight is 576 g/mol. The quantitative estimate of drug-likeness (QED) is 0.190. The Morgan fingerprint density at radius 1 is 0.378 bits per heavy atom. The van der Waals surface area contributed by atoms with Crippen LogP contribution in [0.3, 0.4) is 0 Å². The summed E-state index contributed by atoms with van der Waals surface area (Å²) in [6.07, 6.45) is 1.90. The van der Waals surface area contributed by atoms with Crippen LogP contribution in [0.15, 0.2) is 146 Å². The van der Waals surface area contributed by atoms with E-state index in [1.165, 1.54) is 82.4 Å². The highest BCUT2D eigenvalue weighted by atomic mass is 14.7. The summed E-state index contributed by atoms with van der Waals surface area (Å²) in [6, 6.07) is 51.1. The fourth-order valence-electron chi connectivity index (χ4n) is 7.23. The van der Waals surface area contributed by atoms with Crippen LogP contribution in [0.2, 0.25) is 0 Å². The van der Waals surface area contributed by atoms with Gasteiger partial charge in [0.1, 0.15) is 0 Å². The van der Waals surface area contributed by atoms with E-state index in [9.17, 15) is 0 Å². The highest BCUT2D eigenvalue weighted by Crippen LogP contribution is 2.47. The summed E-state index contributed by atoms with van der Waals surface area (Å²) in [7, 11) is 0. The van der Waals surface area contributed by atoms with Crippen molar-refractivity contribution in [1.29, 1.82) is 0 Å². The van der Waals surface area contributed by atoms with Crippen molar-refractivity contribution in [3.8, 4) is 44.6 Å². The van der Waals surface area contributed by atoms with Gasteiger partial charge in [0.05, 0.1) is 5.69 Å². The van der Waals surface area contributed by atoms with Gasteiger partial charge in [-0.05, 0) is 121 Å². The smallest absolute Gasteiger partial charge is 0.0704 e. The molecule has 0 atom stereocenters. The molecule has 0 spiro atoms. The fraction of sp³-hybridized carbons (Fsp3) is 0.0682. The van der Waals surface area contributed by atoms with E-state index in [4.69, 9.17) is 4.98 Å². The Hall–Kier alpha value is -5.53. The Labute approximate surface area is 264 Å². The molecular weight excluding hydrogens is 542 g/mol. The van der Waals surface area contributed by atoms with Gasteiger partial charge in [0, 0.05) is 11.8 Å². The molecule has 45 heavy (non-hydrogen) atoms. The van der Waals surface area contributed by atoms with Gasteiger partial charge in [-0.1, -0.05) is 121 Å². The molecule has 0 aliphatic carbocycles. The molecule has 1 aromatic heterocycles. The van der Waals surface area contributed by atoms with Crippen molar-refractivity contribution >= 4 is 32.3 Å². The molecule has 8 aromatic rings. The molecule has 0 fully saturated rings. The van der Waals surface area contributed by atoms with Gasteiger partial charge in [-0.2, -0.15) is 0 Å². The Balaban J connectivity index is 1.43. The molecule has 0 N–H and O–H groups in total. The first kappa shape index (κ1) is 27.0. The number of aromatic nitrogens is 1. The highest BCUT2D eigenvalue weighted by Gasteiger charge is 2.20. The number of hydrogen-bond acceptors (Lipinski definition) is 1. The van der Waals surface area contributed by atoms with Gasteiger partial charge in [-0.25, -0.2) is 0 Å². The van der Waals surface area contributed by atoms with E-state index in [-0.39, 0.29) is 0 Å². The second-order valence-electron chi connectivity index (χ2n) is 12.1. The van der Waals surface area contributed by atoms with E-state index in [1.54, 1.807) is 0 Å². The number of aryl methyl sites for hydroxylation is 3. The maximum absolute atomic E-state index is 4.69. The lowest BCUT2D eigenvalue weighted by atomic mass is 9.83. The van der Waals surface area contributed by atoms with Crippen LogP contribution >= 0.6 is 0 Å². The van der Waals surface area contributed by atoms with E-state index in [2.05, 4.69) is 154 Å². The zero-order chi connectivity index (χ0) is 30.5. The van der Waals surface area contributed by atoms with Crippen LogP contribution in [-0.2, 0) is 0 Å². The summed E-state index contributed by atoms with van der Waals surface area (Å²) in [5.74, 6) is 0. The molecule has 0 saturated carbocycles. The molecule has 1 nitrogen and oxygen atoms in total. The first-order valence-electron chi connectivity index (χ1n) is 15.6. The molecule has 0 aliphatic rings. The fourth-order valence-corrected chi connectivity index (χ4v) is 7.23. The highest BCUT2D eigenvalue weighted by molar-refractivity contribution is 6.24. The third-order valence-corrected chi connectivity index (χ3v) is 9.24. The van der Waals surface area contributed by atoms with Gasteiger partial charge in [-0.15, -0.1) is 0 Å². The average Bonchev–Trinajstić information content (AvgIpc) is 3.07. The number of nitrogens with zero attached hydrogens (tertiary/aromatic N) is 1. The molecule has 0 radical (unpaired) electrons. The Kier molecular flexibility index (Phi) is 6.54. The predicted octanol–water partition coefficient (Wildman–Crippen LogP) is 12.1. The van der Waals surface area contributed by atoms with Crippen molar-refractivity contribution in [3.63, 3.8) is 0 Å². The maximum atomic E-state index is 4.69. The summed E-state index contributed by atoms with van der Waals surface area (Å²) in [5, 5.41) is 7.58. The lowest BCUT2D eigenvalue weighted by Gasteiger charge is -2.20. The number of hydrogen-bond donors (Lipinski definition) is 0. The van der Waals surface area contributed by atoms with Gasteiger partial charge < -0.3 is 0 Å². The topological polar surface area (TPSA) is 12.9 Å². The molecular formula is C44H33N. The first-order chi connectivity index (χ1) is 22.1. The van der Waals surface area contributed by atoms with Crippen molar-refractivity contribution in [1.82, 2.24) is 4.98 Å². The van der Waals surface area contributed by atoms with Gasteiger partial charge in [0.15, 0.2) is 0 Å². The molecule has 0 amide bonds. The van der Waals surface area contributed by atoms with E-state index in [1.807, 2.05) is 12.3 Å². The largest absolute Gasteiger partial charge is 0.256 e. The van der Waals surface area contributed by atoms with Crippen molar-refractivity contribution < 1.29 is 0 Å². The van der Waals surface area contributed by atoms with E-state index >= 15 is 0 Å². The minimum Gasteiger partial charge on any atom is -0.256 e. The third-order valence-electron chi connectivity index (χ3n) is 9.24. The third kappa shape index (κ3) is 4.51. The Morgan fingerprint density at radius 2 is 0.867 bits per heavy atom. The molecule has 0 unspecified atom stereocenters. The van der Waals surface area contributed by atoms with Crippen LogP contribution in [-0.4, -0.2) is 4.98 Å². The molecule has 214 valence electrons. The number of fused-ring (bicyclic) bond motifs is 3. The van der Waals surface area contributed by atoms with Crippen molar-refractivity contribution in [2.75, 3.05) is 0 Å². The van der Waals surface area contributed by atoms with Gasteiger partial charge in [0.2, 0.25) is 0 Å². The van der Waals surface area contributed by atoms with E-state index in [0.717, 1.165) is 11.3 Å². The van der Waals surface area contributed by atoms with Crippen LogP contribution in [0, 0.1) is 20.8 Å². The van der Waals surface area contributed by atoms with Crippen LogP contribution in [0.5, 0.6) is 0 Å². The molecule has 8 rings (SSSR count). The number of rotatable bonds is 4. The lowest BCUT2D eigenvalue weighted by molar-refractivity contribution is 1.29. The standard InChI is InChI=1S/C44H33N/c1-28-24-25-45-41(26-28)31-14-11-15-32(27-31)43-35-18-6-8-20-37(35)44(38-21-9-7-19-36(38)43)40-23-22-39(33-16-4-5-17-34(33)40)42-29(2)12-10-13-30(42)3/h4-27H,1-3H3. The zero-order valence-electron chi connectivity index (χ0n) is 25.8. The van der Waals surface area contributed by atoms with Crippen LogP contribution in [0.1, 0.15) is 16.7 Å². The second-order valence-corrected chi connectivity index (χ2v) is 12.1. The summed E-state index contributed by atoms with van der Waals surface area (Å²) in [6.45, 7) is 6.55. The minimum absolute atomic E-state index is 0.998. The zero-order valence-corrected chi connectivity index (χ0v) is 25.8. The van der Waals surface area contributed by atoms with Crippen LogP contribution in [0.25, 0.3) is 77.0 Å². The Bertz CT molecular complexity index is 2340. The lowest BCUT2D eigenvalue weighted by Crippen LogP contribution is -1.94. The summed E-state index contributed by atoms with van der Waals surface area (Å²) < 4.78 is 0. The van der Waals surface area contributed by atoms with E-state index < -0.39 is 0 Å². The SMILES string of the molecule is Cc1ccnc(-c2cccc(-c3c4ccccc4c(-c4ccc(-c5c(C)cccc5C)c5ccccc45)c4ccccc34)c2)c1. The monoisotopic (exact) mass is 575 g/mol. The predicted molar refractivity (Wildman–Crippen MR) is 193 cm³/mol. The number of pyridine rings is 1. The van der Waals surface area contributed by atoms with Crippen LogP contribution in [0.4, 0.5) is 0 Å². The molecule has 7 aromatic carbocycles.